The Labute approximate surface area is 98.1 Å². The Morgan fingerprint density at radius 2 is 0.750 bits per heavy atom. The van der Waals surface area contributed by atoms with Gasteiger partial charge in [0.25, 0.3) is 0 Å². The van der Waals surface area contributed by atoms with Gasteiger partial charge in [0.15, 0.2) is 18.3 Å². The third-order valence-corrected chi connectivity index (χ3v) is 0.274. The molecule has 0 aromatic carbocycles. The number of nitrogens with one attached hydrogen (secondary N) is 3. The monoisotopic (exact) mass is 255 g/mol. The molecular weight excluding hydrogens is 249 g/mol. The zero-order chi connectivity index (χ0) is 12.9. The average Bonchev–Trinajstić information content (AvgIpc) is 2.19. The Morgan fingerprint density at radius 3 is 0.750 bits per heavy atom. The molecule has 0 fully saturated rings. The van der Waals surface area contributed by atoms with Gasteiger partial charge in [-0.25, -0.2) is 0 Å². The van der Waals surface area contributed by atoms with E-state index in [0.29, 0.717) is 0 Å². The molecule has 0 aromatic heterocycles. The molecule has 0 saturated carbocycles. The van der Waals surface area contributed by atoms with E-state index in [-0.39, 0.29) is 17.4 Å². The molecule has 0 aliphatic rings. The topological polar surface area (TPSA) is 217 Å². The van der Waals surface area contributed by atoms with Crippen LogP contribution in [-0.2, 0) is 0 Å². The second-order valence-corrected chi connectivity index (χ2v) is 1.20. The minimum absolute atomic E-state index is 0. The minimum Gasteiger partial charge on any atom is -0.529 e. The standard InChI is InChI=1S/3CH3NO3.Al/c3*3-1(4)2-5;/h3*2,5H,(H,3,4);/q;;;+3/p-3. The number of hydrogen-bond acceptors (Lipinski definition) is 9. The maximum Gasteiger partial charge on any atom is 3.00 e. The van der Waals surface area contributed by atoms with Crippen molar-refractivity contribution in [3.63, 3.8) is 0 Å². The number of hydroxylamine groups is 3. The summed E-state index contributed by atoms with van der Waals surface area (Å²) in [5.74, 6) is 0. The van der Waals surface area contributed by atoms with Crippen LogP contribution in [0.2, 0.25) is 0 Å². The molecule has 0 atom stereocenters. The van der Waals surface area contributed by atoms with Crippen molar-refractivity contribution in [2.24, 2.45) is 0 Å². The Kier molecular flexibility index (Phi) is 28.1. The predicted octanol–water partition coefficient (Wildman–Crippen LogP) is -5.46. The first kappa shape index (κ1) is 23.8. The molecule has 0 aliphatic carbocycles. The summed E-state index contributed by atoms with van der Waals surface area (Å²) in [4.78, 5) is 26.7. The molecule has 0 aliphatic heterocycles. The van der Waals surface area contributed by atoms with Crippen LogP contribution in [0.15, 0.2) is 0 Å². The number of carboxylic acid groups (broad SMARTS) is 3. The molecule has 16 heavy (non-hydrogen) atoms. The average molecular weight is 255 g/mol. The van der Waals surface area contributed by atoms with Crippen molar-refractivity contribution in [1.82, 2.24) is 16.4 Å². The third-order valence-electron chi connectivity index (χ3n) is 0.274. The van der Waals surface area contributed by atoms with E-state index in [1.54, 1.807) is 0 Å². The van der Waals surface area contributed by atoms with E-state index in [0.717, 1.165) is 16.4 Å². The Bertz CT molecular complexity index is 165. The van der Waals surface area contributed by atoms with E-state index in [1.807, 2.05) is 0 Å². The second kappa shape index (κ2) is 18.9. The van der Waals surface area contributed by atoms with Crippen molar-refractivity contribution in [3.8, 4) is 0 Å². The van der Waals surface area contributed by atoms with Gasteiger partial charge in [0, 0.05) is 0 Å². The molecule has 0 unspecified atom stereocenters. The Hall–Kier alpha value is -1.78. The van der Waals surface area contributed by atoms with Gasteiger partial charge in [-0.1, -0.05) is 0 Å². The summed E-state index contributed by atoms with van der Waals surface area (Å²) < 4.78 is 0. The SMILES string of the molecule is O=C([O-])NO.O=C([O-])NO.O=C([O-])NO.[Al+3]. The second-order valence-electron chi connectivity index (χ2n) is 1.20. The zero-order valence-corrected chi connectivity index (χ0v) is 8.52. The normalized spacial score (nSPS) is 6.19. The summed E-state index contributed by atoms with van der Waals surface area (Å²) in [6.45, 7) is 0. The van der Waals surface area contributed by atoms with Crippen LogP contribution in [0.1, 0.15) is 0 Å². The first-order chi connectivity index (χ1) is 6.81. The number of carbonyl (C=O) groups is 3. The molecule has 6 N–H and O–H groups in total. The molecule has 90 valence electrons. The van der Waals surface area contributed by atoms with Crippen molar-refractivity contribution < 1.29 is 45.3 Å². The summed E-state index contributed by atoms with van der Waals surface area (Å²) in [5.41, 5.74) is 2.50. The van der Waals surface area contributed by atoms with E-state index < -0.39 is 18.3 Å². The van der Waals surface area contributed by atoms with Crippen molar-refractivity contribution in [2.45, 2.75) is 0 Å². The van der Waals surface area contributed by atoms with Crippen LogP contribution in [0.5, 0.6) is 0 Å². The number of amides is 3. The van der Waals surface area contributed by atoms with Gasteiger partial charge in [-0.15, -0.1) is 0 Å². The van der Waals surface area contributed by atoms with Crippen LogP contribution < -0.4 is 31.8 Å². The molecule has 13 heteroatoms. The summed E-state index contributed by atoms with van der Waals surface area (Å²) >= 11 is 0. The van der Waals surface area contributed by atoms with Crippen molar-refractivity contribution in [1.29, 1.82) is 0 Å². The summed E-state index contributed by atoms with van der Waals surface area (Å²) in [7, 11) is 0. The van der Waals surface area contributed by atoms with Crippen LogP contribution in [0.4, 0.5) is 14.4 Å². The van der Waals surface area contributed by atoms with Gasteiger partial charge in [-0.3, -0.25) is 32.1 Å². The van der Waals surface area contributed by atoms with E-state index in [2.05, 4.69) is 0 Å². The molecule has 0 spiro atoms. The van der Waals surface area contributed by atoms with Crippen LogP contribution in [0, 0.1) is 0 Å². The van der Waals surface area contributed by atoms with E-state index >= 15 is 0 Å². The quantitative estimate of drug-likeness (QED) is 0.138. The van der Waals surface area contributed by atoms with Crippen molar-refractivity contribution >= 4 is 35.6 Å². The van der Waals surface area contributed by atoms with Crippen LogP contribution in [-0.4, -0.2) is 51.3 Å². The summed E-state index contributed by atoms with van der Waals surface area (Å²) in [5, 5.41) is 48.4. The molecule has 0 rings (SSSR count). The van der Waals surface area contributed by atoms with Gasteiger partial charge < -0.3 is 29.7 Å². The number of carbonyl (C=O) groups excluding carboxylic acids is 3. The van der Waals surface area contributed by atoms with Gasteiger partial charge in [-0.2, -0.15) is 0 Å². The molecule has 12 nitrogen and oxygen atoms in total. The van der Waals surface area contributed by atoms with Crippen LogP contribution in [0.25, 0.3) is 0 Å². The summed E-state index contributed by atoms with van der Waals surface area (Å²) in [6.07, 6.45) is -5.07. The first-order valence-corrected chi connectivity index (χ1v) is 2.65. The molecule has 0 saturated heterocycles. The Morgan fingerprint density at radius 1 is 0.688 bits per heavy atom. The fourth-order valence-electron chi connectivity index (χ4n) is 0. The van der Waals surface area contributed by atoms with Crippen LogP contribution in [0.3, 0.4) is 0 Å². The molecule has 0 heterocycles. The maximum atomic E-state index is 8.90. The van der Waals surface area contributed by atoms with E-state index in [4.69, 9.17) is 45.3 Å². The first-order valence-electron chi connectivity index (χ1n) is 2.65. The summed E-state index contributed by atoms with van der Waals surface area (Å²) in [6, 6.07) is 0. The van der Waals surface area contributed by atoms with Gasteiger partial charge >= 0.3 is 17.4 Å². The van der Waals surface area contributed by atoms with Gasteiger partial charge in [0.2, 0.25) is 0 Å². The van der Waals surface area contributed by atoms with Crippen molar-refractivity contribution in [2.75, 3.05) is 0 Å². The van der Waals surface area contributed by atoms with Gasteiger partial charge in [0.1, 0.15) is 0 Å². The molecule has 0 bridgehead atoms. The van der Waals surface area contributed by atoms with E-state index in [9.17, 15) is 0 Å². The minimum atomic E-state index is -1.69. The molecular formula is C3H6AlN3O9. The van der Waals surface area contributed by atoms with E-state index in [1.165, 1.54) is 0 Å². The molecule has 3 amide bonds. The predicted molar refractivity (Wildman–Crippen MR) is 36.7 cm³/mol. The zero-order valence-electron chi connectivity index (χ0n) is 7.37. The van der Waals surface area contributed by atoms with Crippen LogP contribution >= 0.6 is 0 Å². The number of rotatable bonds is 0. The van der Waals surface area contributed by atoms with Crippen molar-refractivity contribution in [3.05, 3.63) is 0 Å². The molecule has 0 radical (unpaired) electrons. The maximum absolute atomic E-state index is 8.90. The van der Waals surface area contributed by atoms with Gasteiger partial charge in [0.05, 0.1) is 0 Å². The largest absolute Gasteiger partial charge is 3.00 e. The smallest absolute Gasteiger partial charge is 0.529 e. The third kappa shape index (κ3) is 86.3. The fraction of sp³-hybridized carbons (Fsp3) is 0. The Balaban J connectivity index is -0.0000000655. The number of hydrogen-bond donors (Lipinski definition) is 6. The van der Waals surface area contributed by atoms with Gasteiger partial charge in [-0.05, 0) is 0 Å². The fourth-order valence-corrected chi connectivity index (χ4v) is 0. The molecule has 0 aromatic rings.